The maximum absolute atomic E-state index is 15.6. The van der Waals surface area contributed by atoms with E-state index in [4.69, 9.17) is 9.47 Å². The second kappa shape index (κ2) is 40.4. The predicted octanol–water partition coefficient (Wildman–Crippen LogP) is 3.47. The highest BCUT2D eigenvalue weighted by Gasteiger charge is 2.47. The summed E-state index contributed by atoms with van der Waals surface area (Å²) in [7, 11) is 11.5. The van der Waals surface area contributed by atoms with E-state index < -0.39 is 161 Å². The number of aliphatic hydroxyl groups excluding tert-OH is 1. The minimum absolute atomic E-state index is 0.0133. The second-order valence-corrected chi connectivity index (χ2v) is 30.5. The van der Waals surface area contributed by atoms with Crippen LogP contribution in [0.15, 0.2) is 12.2 Å². The number of likely N-dealkylation sites (N-methyl/N-ethyl adjacent to an activating group) is 7. The SMILES string of the molecule is CC=CC[C@@H](C)[C@@H](O)[C@H]1C(=O)N[C@@H](CC)C(=O)N(C)[C@H](CSCCN2CCOCC2)C(=O)N(C)[C@@H](CC(C)(C)OC)C(=O)N[C@@H](C(C)C)C(=O)N(C)[C@@H](CC(C)C)C(=O)N[C@@H](C)C(=O)N[C@H](C)C(=O)N(C)[C@@H](CC(C)C)C(=O)N(C)[C@@H](CC(C)C)C(=O)N(C)[C@@H](C(C)C)C(=O)N1C. The molecular formula is C70H126N12O14S. The minimum Gasteiger partial charge on any atom is -0.390 e. The fourth-order valence-electron chi connectivity index (χ4n) is 12.3. The fourth-order valence-corrected chi connectivity index (χ4v) is 13.4. The molecule has 0 aromatic rings. The third-order valence-corrected chi connectivity index (χ3v) is 19.9. The fraction of sp³-hybridized carbons (Fsp3) is 0.814. The molecule has 0 unspecified atom stereocenters. The van der Waals surface area contributed by atoms with E-state index in [-0.39, 0.29) is 55.6 Å². The van der Waals surface area contributed by atoms with E-state index in [9.17, 15) is 24.3 Å². The van der Waals surface area contributed by atoms with Gasteiger partial charge < -0.3 is 70.1 Å². The van der Waals surface area contributed by atoms with Gasteiger partial charge in [0.1, 0.15) is 66.5 Å². The van der Waals surface area contributed by atoms with Crippen LogP contribution in [0.4, 0.5) is 0 Å². The van der Waals surface area contributed by atoms with Gasteiger partial charge >= 0.3 is 0 Å². The van der Waals surface area contributed by atoms with Crippen molar-refractivity contribution in [2.45, 2.75) is 234 Å². The van der Waals surface area contributed by atoms with Crippen molar-refractivity contribution in [3.63, 3.8) is 0 Å². The number of aliphatic hydroxyl groups is 1. The average Bonchev–Trinajstić information content (AvgIpc) is 0.815. The van der Waals surface area contributed by atoms with Crippen LogP contribution >= 0.6 is 11.8 Å². The van der Waals surface area contributed by atoms with Crippen LogP contribution in [0.1, 0.15) is 156 Å². The first kappa shape index (κ1) is 87.2. The van der Waals surface area contributed by atoms with Gasteiger partial charge in [-0.1, -0.05) is 95.2 Å². The lowest BCUT2D eigenvalue weighted by Crippen LogP contribution is -2.64. The predicted molar refractivity (Wildman–Crippen MR) is 378 cm³/mol. The molecule has 11 amide bonds. The van der Waals surface area contributed by atoms with Crippen LogP contribution in [0.25, 0.3) is 0 Å². The van der Waals surface area contributed by atoms with E-state index in [0.29, 0.717) is 45.0 Å². The molecule has 556 valence electrons. The second-order valence-electron chi connectivity index (χ2n) is 29.4. The Morgan fingerprint density at radius 2 is 1.00 bits per heavy atom. The molecular weight excluding hydrogens is 1260 g/mol. The summed E-state index contributed by atoms with van der Waals surface area (Å²) in [5, 5.41) is 23.5. The summed E-state index contributed by atoms with van der Waals surface area (Å²) in [5.74, 6) is -9.36. The number of carbonyl (C=O) groups is 11. The molecule has 0 aliphatic carbocycles. The van der Waals surface area contributed by atoms with Crippen LogP contribution < -0.4 is 21.3 Å². The normalized spacial score (nSPS) is 27.1. The number of allylic oxidation sites excluding steroid dienone is 2. The standard InChI is InChI=1S/C70H126N12O14S/c1-26-28-29-46(13)58(83)57-62(87)73-49(27-2)64(89)79(22)54(40-97-35-32-82-30-33-96-34-31-82)67(92)78(21)53(39-70(16,17)95-25)61(86)74-55(44(9)10)68(93)75(18)50(36-41(3)4)60(85)71-47(14)59(84)72-48(15)63(88)76(19)51(37-42(5)6)65(90)77(20)52(38-43(7)8)66(91)80(23)56(45(11)12)69(94)81(57)24/h26,28,41-58,83H,27,29-40H2,1-25H3,(H,71,85)(H,72,84)(H,73,87)(H,74,86)/t46-,47+,48-,49+,50+,51+,52+,53+,54-,55+,56+,57+,58-/m1/s1. The maximum Gasteiger partial charge on any atom is 0.246 e. The largest absolute Gasteiger partial charge is 0.390 e. The number of methoxy groups -OCH3 is 1. The minimum atomic E-state index is -1.65. The molecule has 0 saturated carbocycles. The number of thioether (sulfide) groups is 1. The van der Waals surface area contributed by atoms with Crippen LogP contribution in [0.3, 0.4) is 0 Å². The highest BCUT2D eigenvalue weighted by molar-refractivity contribution is 7.99. The van der Waals surface area contributed by atoms with E-state index >= 15 is 33.6 Å². The number of morpholine rings is 1. The Bertz CT molecular complexity index is 2650. The molecule has 2 aliphatic rings. The molecule has 0 spiro atoms. The van der Waals surface area contributed by atoms with Gasteiger partial charge in [-0.3, -0.25) is 57.6 Å². The third-order valence-electron chi connectivity index (χ3n) is 18.9. The Morgan fingerprint density at radius 1 is 0.546 bits per heavy atom. The van der Waals surface area contributed by atoms with Crippen molar-refractivity contribution in [1.82, 2.24) is 60.5 Å². The number of hydrogen-bond acceptors (Lipinski definition) is 16. The lowest BCUT2D eigenvalue weighted by Gasteiger charge is -2.41. The maximum atomic E-state index is 15.6. The highest BCUT2D eigenvalue weighted by Crippen LogP contribution is 2.27. The summed E-state index contributed by atoms with van der Waals surface area (Å²) in [5.41, 5.74) is -1.05. The van der Waals surface area contributed by atoms with Gasteiger partial charge in [0.15, 0.2) is 0 Å². The molecule has 2 saturated heterocycles. The van der Waals surface area contributed by atoms with Gasteiger partial charge in [0.25, 0.3) is 0 Å². The zero-order chi connectivity index (χ0) is 74.4. The molecule has 2 rings (SSSR count). The van der Waals surface area contributed by atoms with Gasteiger partial charge in [0, 0.05) is 94.0 Å². The number of nitrogens with zero attached hydrogens (tertiary/aromatic N) is 8. The Labute approximate surface area is 584 Å². The first-order valence-electron chi connectivity index (χ1n) is 34.9. The number of hydrogen-bond donors (Lipinski definition) is 5. The van der Waals surface area contributed by atoms with Crippen molar-refractivity contribution in [3.05, 3.63) is 12.2 Å². The van der Waals surface area contributed by atoms with E-state index in [2.05, 4.69) is 26.2 Å². The van der Waals surface area contributed by atoms with Crippen molar-refractivity contribution in [1.29, 1.82) is 0 Å². The van der Waals surface area contributed by atoms with Crippen molar-refractivity contribution in [3.8, 4) is 0 Å². The molecule has 0 aromatic carbocycles. The molecule has 2 aliphatic heterocycles. The van der Waals surface area contributed by atoms with Crippen molar-refractivity contribution in [2.75, 3.05) is 101 Å². The summed E-state index contributed by atoms with van der Waals surface area (Å²) in [6, 6.07) is -14.1. The first-order chi connectivity index (χ1) is 45.0. The lowest BCUT2D eigenvalue weighted by molar-refractivity contribution is -0.157. The monoisotopic (exact) mass is 1390 g/mol. The van der Waals surface area contributed by atoms with Gasteiger partial charge in [0.2, 0.25) is 65.0 Å². The quantitative estimate of drug-likeness (QED) is 0.0812. The molecule has 97 heavy (non-hydrogen) atoms. The molecule has 5 N–H and O–H groups in total. The summed E-state index contributed by atoms with van der Waals surface area (Å²) in [6.45, 7) is 32.9. The van der Waals surface area contributed by atoms with Crippen molar-refractivity contribution in [2.24, 2.45) is 35.5 Å². The lowest BCUT2D eigenvalue weighted by atomic mass is 9.91. The van der Waals surface area contributed by atoms with Crippen LogP contribution in [-0.4, -0.2) is 288 Å². The summed E-state index contributed by atoms with van der Waals surface area (Å²) in [6.07, 6.45) is 2.67. The number of rotatable bonds is 21. The smallest absolute Gasteiger partial charge is 0.246 e. The molecule has 27 heteroatoms. The van der Waals surface area contributed by atoms with Gasteiger partial charge in [-0.2, -0.15) is 11.8 Å². The zero-order valence-electron chi connectivity index (χ0n) is 63.5. The van der Waals surface area contributed by atoms with E-state index in [0.717, 1.165) is 4.90 Å². The molecule has 0 bridgehead atoms. The highest BCUT2D eigenvalue weighted by atomic mass is 32.2. The third kappa shape index (κ3) is 25.0. The Balaban J connectivity index is 3.14. The van der Waals surface area contributed by atoms with Crippen molar-refractivity contribution < 1.29 is 67.3 Å². The van der Waals surface area contributed by atoms with E-state index in [1.54, 1.807) is 61.5 Å². The Morgan fingerprint density at radius 3 is 1.49 bits per heavy atom. The van der Waals surface area contributed by atoms with Gasteiger partial charge in [-0.05, 0) is 102 Å². The molecule has 13 atom stereocenters. The summed E-state index contributed by atoms with van der Waals surface area (Å²) < 4.78 is 11.4. The number of nitrogens with one attached hydrogen (secondary N) is 4. The average molecular weight is 1390 g/mol. The van der Waals surface area contributed by atoms with Crippen LogP contribution in [0, 0.1) is 35.5 Å². The first-order valence-corrected chi connectivity index (χ1v) is 36.0. The van der Waals surface area contributed by atoms with Crippen LogP contribution in [0.5, 0.6) is 0 Å². The van der Waals surface area contributed by atoms with Gasteiger partial charge in [0.05, 0.1) is 24.9 Å². The summed E-state index contributed by atoms with van der Waals surface area (Å²) in [4.78, 5) is 176. The van der Waals surface area contributed by atoms with Gasteiger partial charge in [-0.25, -0.2) is 0 Å². The van der Waals surface area contributed by atoms with Crippen LogP contribution in [0.2, 0.25) is 0 Å². The number of carbonyl (C=O) groups excluding carboxylic acids is 11. The van der Waals surface area contributed by atoms with E-state index in [1.165, 1.54) is 111 Å². The molecule has 2 fully saturated rings. The Kier molecular flexibility index (Phi) is 36.3. The Hall–Kier alpha value is -5.90. The van der Waals surface area contributed by atoms with Crippen molar-refractivity contribution >= 4 is 76.7 Å². The molecule has 0 radical (unpaired) electrons. The molecule has 2 heterocycles. The van der Waals surface area contributed by atoms with Crippen LogP contribution in [-0.2, 0) is 62.2 Å². The number of ether oxygens (including phenoxy) is 2. The zero-order valence-corrected chi connectivity index (χ0v) is 64.3. The van der Waals surface area contributed by atoms with E-state index in [1.807, 2.05) is 54.5 Å². The molecule has 26 nitrogen and oxygen atoms in total. The van der Waals surface area contributed by atoms with Gasteiger partial charge in [-0.15, -0.1) is 0 Å². The molecule has 0 aromatic heterocycles. The number of amides is 11. The summed E-state index contributed by atoms with van der Waals surface area (Å²) >= 11 is 1.42. The topological polar surface area (TPSA) is 300 Å².